The Morgan fingerprint density at radius 1 is 1.35 bits per heavy atom. The lowest BCUT2D eigenvalue weighted by Crippen LogP contribution is -2.19. The number of ether oxygens (including phenoxy) is 2. The minimum absolute atomic E-state index is 0.0900. The largest absolute Gasteiger partial charge is 0.491 e. The normalized spacial score (nSPS) is 10.5. The summed E-state index contributed by atoms with van der Waals surface area (Å²) in [7, 11) is 1.66. The highest BCUT2D eigenvalue weighted by Gasteiger charge is 2.04. The van der Waals surface area contributed by atoms with Gasteiger partial charge in [0.15, 0.2) is 0 Å². The summed E-state index contributed by atoms with van der Waals surface area (Å²) in [4.78, 5) is 0. The molecule has 0 heterocycles. The molecule has 0 aliphatic rings. The van der Waals surface area contributed by atoms with Crippen molar-refractivity contribution in [2.45, 2.75) is 6.54 Å². The first-order valence-electron chi connectivity index (χ1n) is 5.44. The fraction of sp³-hybridized carbons (Fsp3) is 0.500. The van der Waals surface area contributed by atoms with Gasteiger partial charge < -0.3 is 14.8 Å². The molecule has 1 rings (SSSR count). The van der Waals surface area contributed by atoms with Crippen LogP contribution in [0.15, 0.2) is 22.7 Å². The van der Waals surface area contributed by atoms with Crippen molar-refractivity contribution in [1.82, 2.24) is 5.32 Å². The smallest absolute Gasteiger partial charge is 0.123 e. The molecule has 0 atom stereocenters. The Bertz CT molecular complexity index is 336. The highest BCUT2D eigenvalue weighted by Crippen LogP contribution is 2.23. The summed E-state index contributed by atoms with van der Waals surface area (Å²) < 4.78 is 23.3. The van der Waals surface area contributed by atoms with Gasteiger partial charge in [-0.1, -0.05) is 15.9 Å². The van der Waals surface area contributed by atoms with Crippen molar-refractivity contribution < 1.29 is 13.9 Å². The summed E-state index contributed by atoms with van der Waals surface area (Å²) >= 11 is 3.41. The van der Waals surface area contributed by atoms with Crippen molar-refractivity contribution in [1.29, 1.82) is 0 Å². The number of rotatable bonds is 8. The summed E-state index contributed by atoms with van der Waals surface area (Å²) in [5, 5.41) is 3.23. The lowest BCUT2D eigenvalue weighted by molar-refractivity contribution is 0.199. The van der Waals surface area contributed by atoms with Gasteiger partial charge >= 0.3 is 0 Å². The van der Waals surface area contributed by atoms with Gasteiger partial charge in [-0.3, -0.25) is 0 Å². The average molecular weight is 306 g/mol. The van der Waals surface area contributed by atoms with Gasteiger partial charge in [0.05, 0.1) is 6.61 Å². The molecule has 5 heteroatoms. The lowest BCUT2D eigenvalue weighted by Gasteiger charge is -2.11. The molecule has 1 N–H and O–H groups in total. The van der Waals surface area contributed by atoms with Gasteiger partial charge in [0, 0.05) is 30.2 Å². The van der Waals surface area contributed by atoms with Gasteiger partial charge in [0.1, 0.15) is 19.0 Å². The van der Waals surface area contributed by atoms with Gasteiger partial charge in [0.25, 0.3) is 0 Å². The molecule has 17 heavy (non-hydrogen) atoms. The van der Waals surface area contributed by atoms with Crippen LogP contribution in [0.1, 0.15) is 5.56 Å². The second kappa shape index (κ2) is 8.44. The van der Waals surface area contributed by atoms with E-state index in [1.807, 2.05) is 18.2 Å². The number of methoxy groups -OCH3 is 1. The van der Waals surface area contributed by atoms with Crippen LogP contribution in [-0.2, 0) is 11.3 Å². The zero-order valence-corrected chi connectivity index (χ0v) is 11.4. The summed E-state index contributed by atoms with van der Waals surface area (Å²) in [5.41, 5.74) is 1.00. The van der Waals surface area contributed by atoms with Crippen LogP contribution in [0.5, 0.6) is 5.75 Å². The number of hydrogen-bond acceptors (Lipinski definition) is 3. The van der Waals surface area contributed by atoms with Gasteiger partial charge in [-0.2, -0.15) is 0 Å². The summed E-state index contributed by atoms with van der Waals surface area (Å²) in [6, 6.07) is 5.69. The third-order valence-corrected chi connectivity index (χ3v) is 2.65. The van der Waals surface area contributed by atoms with Crippen LogP contribution in [0.25, 0.3) is 0 Å². The predicted molar refractivity (Wildman–Crippen MR) is 69.2 cm³/mol. The first kappa shape index (κ1) is 14.4. The van der Waals surface area contributed by atoms with E-state index in [-0.39, 0.29) is 6.61 Å². The molecular formula is C12H17BrFNO2. The van der Waals surface area contributed by atoms with Crippen LogP contribution in [0.4, 0.5) is 4.39 Å². The van der Waals surface area contributed by atoms with Crippen LogP contribution < -0.4 is 10.1 Å². The number of halogens is 2. The van der Waals surface area contributed by atoms with E-state index in [2.05, 4.69) is 21.2 Å². The van der Waals surface area contributed by atoms with Crippen molar-refractivity contribution in [2.24, 2.45) is 0 Å². The molecule has 0 fully saturated rings. The molecule has 0 radical (unpaired) electrons. The van der Waals surface area contributed by atoms with E-state index >= 15 is 0 Å². The van der Waals surface area contributed by atoms with E-state index < -0.39 is 6.67 Å². The average Bonchev–Trinajstić information content (AvgIpc) is 2.33. The first-order chi connectivity index (χ1) is 8.27. The van der Waals surface area contributed by atoms with Crippen LogP contribution in [-0.4, -0.2) is 33.5 Å². The minimum Gasteiger partial charge on any atom is -0.491 e. The summed E-state index contributed by atoms with van der Waals surface area (Å²) in [5.74, 6) is 0.718. The zero-order valence-electron chi connectivity index (χ0n) is 9.84. The molecule has 0 saturated heterocycles. The standard InChI is InChI=1S/C12H17BrFNO2/c1-16-7-5-15-9-10-8-11(13)2-3-12(10)17-6-4-14/h2-3,8,15H,4-7,9H2,1H3. The third kappa shape index (κ3) is 5.48. The molecule has 0 aromatic heterocycles. The van der Waals surface area contributed by atoms with Crippen LogP contribution >= 0.6 is 15.9 Å². The predicted octanol–water partition coefficient (Wildman–Crippen LogP) is 2.53. The van der Waals surface area contributed by atoms with Crippen LogP contribution in [0, 0.1) is 0 Å². The lowest BCUT2D eigenvalue weighted by atomic mass is 10.2. The quantitative estimate of drug-likeness (QED) is 0.749. The van der Waals surface area contributed by atoms with Crippen molar-refractivity contribution in [3.8, 4) is 5.75 Å². The monoisotopic (exact) mass is 305 g/mol. The zero-order chi connectivity index (χ0) is 12.5. The van der Waals surface area contributed by atoms with E-state index in [9.17, 15) is 4.39 Å². The Kier molecular flexibility index (Phi) is 7.16. The molecule has 0 spiro atoms. The molecule has 0 amide bonds. The summed E-state index contributed by atoms with van der Waals surface area (Å²) in [6.45, 7) is 1.71. The summed E-state index contributed by atoms with van der Waals surface area (Å²) in [6.07, 6.45) is 0. The van der Waals surface area contributed by atoms with Crippen molar-refractivity contribution in [2.75, 3.05) is 33.5 Å². The Hall–Kier alpha value is -0.650. The van der Waals surface area contributed by atoms with E-state index in [0.29, 0.717) is 13.2 Å². The number of nitrogens with one attached hydrogen (secondary N) is 1. The maximum absolute atomic E-state index is 12.1. The maximum Gasteiger partial charge on any atom is 0.123 e. The topological polar surface area (TPSA) is 30.5 Å². The molecule has 0 aliphatic heterocycles. The van der Waals surface area contributed by atoms with Gasteiger partial charge in [0.2, 0.25) is 0 Å². The minimum atomic E-state index is -0.480. The van der Waals surface area contributed by atoms with Gasteiger partial charge in [-0.15, -0.1) is 0 Å². The van der Waals surface area contributed by atoms with E-state index in [1.165, 1.54) is 0 Å². The molecule has 0 saturated carbocycles. The molecule has 0 aliphatic carbocycles. The molecule has 0 unspecified atom stereocenters. The van der Waals surface area contributed by atoms with Gasteiger partial charge in [-0.25, -0.2) is 4.39 Å². The molecule has 1 aromatic carbocycles. The highest BCUT2D eigenvalue weighted by molar-refractivity contribution is 9.10. The fourth-order valence-corrected chi connectivity index (χ4v) is 1.78. The third-order valence-electron chi connectivity index (χ3n) is 2.16. The van der Waals surface area contributed by atoms with Crippen LogP contribution in [0.3, 0.4) is 0 Å². The number of hydrogen-bond donors (Lipinski definition) is 1. The fourth-order valence-electron chi connectivity index (χ4n) is 1.37. The SMILES string of the molecule is COCCNCc1cc(Br)ccc1OCCF. The Morgan fingerprint density at radius 2 is 2.18 bits per heavy atom. The van der Waals surface area contributed by atoms with Crippen LogP contribution in [0.2, 0.25) is 0 Å². The van der Waals surface area contributed by atoms with E-state index in [1.54, 1.807) is 7.11 Å². The molecule has 96 valence electrons. The number of alkyl halides is 1. The second-order valence-electron chi connectivity index (χ2n) is 3.46. The highest BCUT2D eigenvalue weighted by atomic mass is 79.9. The molecule has 3 nitrogen and oxygen atoms in total. The van der Waals surface area contributed by atoms with E-state index in [4.69, 9.17) is 9.47 Å². The van der Waals surface area contributed by atoms with Crippen molar-refractivity contribution in [3.63, 3.8) is 0 Å². The first-order valence-corrected chi connectivity index (χ1v) is 6.24. The maximum atomic E-state index is 12.1. The Morgan fingerprint density at radius 3 is 2.88 bits per heavy atom. The van der Waals surface area contributed by atoms with Crippen molar-refractivity contribution in [3.05, 3.63) is 28.2 Å². The number of benzene rings is 1. The second-order valence-corrected chi connectivity index (χ2v) is 4.37. The molecule has 1 aromatic rings. The molecule has 0 bridgehead atoms. The molecular weight excluding hydrogens is 289 g/mol. The Labute approximate surface area is 109 Å². The van der Waals surface area contributed by atoms with Crippen molar-refractivity contribution >= 4 is 15.9 Å². The van der Waals surface area contributed by atoms with Gasteiger partial charge in [-0.05, 0) is 18.2 Å². The van der Waals surface area contributed by atoms with E-state index in [0.717, 1.165) is 22.3 Å². The Balaban J connectivity index is 2.56.